The van der Waals surface area contributed by atoms with E-state index in [4.69, 9.17) is 33.1 Å². The van der Waals surface area contributed by atoms with Gasteiger partial charge >= 0.3 is 11.9 Å². The van der Waals surface area contributed by atoms with Crippen LogP contribution in [0.25, 0.3) is 0 Å². The molecule has 16 heteroatoms. The molecule has 4 amide bonds. The van der Waals surface area contributed by atoms with E-state index in [-0.39, 0.29) is 18.9 Å². The van der Waals surface area contributed by atoms with Crippen LogP contribution in [0.4, 0.5) is 0 Å². The molecule has 0 aromatic carbocycles. The summed E-state index contributed by atoms with van der Waals surface area (Å²) in [6.07, 6.45) is -1.12. The van der Waals surface area contributed by atoms with Gasteiger partial charge in [0.15, 0.2) is 5.96 Å². The average molecular weight is 460 g/mol. The van der Waals surface area contributed by atoms with Crippen molar-refractivity contribution < 1.29 is 39.0 Å². The Labute approximate surface area is 182 Å². The summed E-state index contributed by atoms with van der Waals surface area (Å²) in [7, 11) is 0. The Balaban J connectivity index is 5.18. The summed E-state index contributed by atoms with van der Waals surface area (Å²) >= 11 is 0. The first-order chi connectivity index (χ1) is 14.8. The van der Waals surface area contributed by atoms with E-state index in [0.717, 1.165) is 0 Å². The highest BCUT2D eigenvalue weighted by molar-refractivity contribution is 5.96. The third-order valence-corrected chi connectivity index (χ3v) is 3.77. The minimum Gasteiger partial charge on any atom is -0.481 e. The second kappa shape index (κ2) is 14.1. The maximum Gasteiger partial charge on any atom is 0.322 e. The van der Waals surface area contributed by atoms with E-state index in [2.05, 4.69) is 15.6 Å². The van der Waals surface area contributed by atoms with Crippen LogP contribution in [0.15, 0.2) is 4.99 Å². The molecule has 3 unspecified atom stereocenters. The topological polar surface area (TPSA) is 295 Å². The second-order valence-corrected chi connectivity index (χ2v) is 6.56. The number of carboxylic acids is 2. The van der Waals surface area contributed by atoms with Gasteiger partial charge in [0, 0.05) is 6.54 Å². The van der Waals surface area contributed by atoms with E-state index in [9.17, 15) is 28.8 Å². The smallest absolute Gasteiger partial charge is 0.322 e. The van der Waals surface area contributed by atoms with Crippen LogP contribution < -0.4 is 38.9 Å². The lowest BCUT2D eigenvalue weighted by Crippen LogP contribution is -2.57. The largest absolute Gasteiger partial charge is 0.481 e. The standard InChI is InChI=1S/C16H28N8O8/c17-7(2-1-3-21-16(19)20)13(30)23-9(5-11(26)27)15(32)24-8(4-10(18)25)14(31)22-6-12(28)29/h7-9H,1-6,17H2,(H2,18,25)(H,22,31)(H,23,30)(H,24,32)(H,26,27)(H,28,29)(H4,19,20,21). The van der Waals surface area contributed by atoms with Crippen LogP contribution in [0, 0.1) is 0 Å². The molecule has 0 aromatic heterocycles. The molecule has 0 saturated heterocycles. The molecule has 0 aromatic rings. The van der Waals surface area contributed by atoms with Gasteiger partial charge < -0.3 is 49.1 Å². The predicted molar refractivity (Wildman–Crippen MR) is 108 cm³/mol. The summed E-state index contributed by atoms with van der Waals surface area (Å²) in [6, 6.07) is -4.36. The van der Waals surface area contributed by atoms with Crippen LogP contribution in [-0.2, 0) is 28.8 Å². The Hall–Kier alpha value is -3.95. The SMILES string of the molecule is NC(=O)CC(NC(=O)C(CC(=O)O)NC(=O)C(N)CCCN=C(N)N)C(=O)NCC(=O)O. The lowest BCUT2D eigenvalue weighted by molar-refractivity contribution is -0.142. The Morgan fingerprint density at radius 3 is 1.88 bits per heavy atom. The summed E-state index contributed by atoms with van der Waals surface area (Å²) in [5, 5.41) is 23.8. The lowest BCUT2D eigenvalue weighted by Gasteiger charge is -2.22. The van der Waals surface area contributed by atoms with E-state index in [0.29, 0.717) is 6.42 Å². The number of hydrogen-bond acceptors (Lipinski definition) is 8. The van der Waals surface area contributed by atoms with Gasteiger partial charge in [-0.2, -0.15) is 0 Å². The summed E-state index contributed by atoms with van der Waals surface area (Å²) in [4.78, 5) is 73.3. The molecule has 0 bridgehead atoms. The van der Waals surface area contributed by atoms with Gasteiger partial charge in [-0.25, -0.2) is 0 Å². The minimum absolute atomic E-state index is 0.117. The fourth-order valence-electron chi connectivity index (χ4n) is 2.28. The van der Waals surface area contributed by atoms with E-state index in [1.165, 1.54) is 0 Å². The maximum atomic E-state index is 12.5. The number of nitrogens with one attached hydrogen (secondary N) is 3. The normalized spacial score (nSPS) is 13.0. The molecule has 13 N–H and O–H groups in total. The summed E-state index contributed by atoms with van der Waals surface area (Å²) < 4.78 is 0. The third kappa shape index (κ3) is 12.6. The van der Waals surface area contributed by atoms with Crippen molar-refractivity contribution in [3.05, 3.63) is 0 Å². The van der Waals surface area contributed by atoms with Gasteiger partial charge in [-0.3, -0.25) is 33.8 Å². The molecule has 0 rings (SSSR count). The van der Waals surface area contributed by atoms with Gasteiger partial charge in [-0.15, -0.1) is 0 Å². The van der Waals surface area contributed by atoms with Crippen molar-refractivity contribution in [2.24, 2.45) is 27.9 Å². The van der Waals surface area contributed by atoms with E-state index >= 15 is 0 Å². The number of aliphatic imine (C=N–C) groups is 1. The van der Waals surface area contributed by atoms with Crippen molar-refractivity contribution in [1.29, 1.82) is 0 Å². The number of carboxylic acid groups (broad SMARTS) is 2. The van der Waals surface area contributed by atoms with Gasteiger partial charge in [0.05, 0.1) is 18.9 Å². The molecular formula is C16H28N8O8. The van der Waals surface area contributed by atoms with Crippen molar-refractivity contribution in [2.75, 3.05) is 13.1 Å². The summed E-state index contributed by atoms with van der Waals surface area (Å²) in [5.41, 5.74) is 21.1. The van der Waals surface area contributed by atoms with Gasteiger partial charge in [-0.05, 0) is 12.8 Å². The number of primary amides is 1. The fraction of sp³-hybridized carbons (Fsp3) is 0.562. The van der Waals surface area contributed by atoms with Crippen LogP contribution in [0.3, 0.4) is 0 Å². The lowest BCUT2D eigenvalue weighted by atomic mass is 10.1. The molecule has 0 heterocycles. The van der Waals surface area contributed by atoms with Crippen molar-refractivity contribution in [3.8, 4) is 0 Å². The molecule has 0 fully saturated rings. The molecule has 16 nitrogen and oxygen atoms in total. The van der Waals surface area contributed by atoms with Gasteiger partial charge in [0.1, 0.15) is 18.6 Å². The van der Waals surface area contributed by atoms with E-state index in [1.807, 2.05) is 5.32 Å². The summed E-state index contributed by atoms with van der Waals surface area (Å²) in [5.74, 6) is -6.98. The number of hydrogen-bond donors (Lipinski definition) is 9. The molecular weight excluding hydrogens is 432 g/mol. The van der Waals surface area contributed by atoms with Crippen LogP contribution in [0.1, 0.15) is 25.7 Å². The first kappa shape index (κ1) is 28.0. The third-order valence-electron chi connectivity index (χ3n) is 3.77. The number of rotatable bonds is 15. The monoisotopic (exact) mass is 460 g/mol. The molecule has 0 spiro atoms. The van der Waals surface area contributed by atoms with Gasteiger partial charge in [-0.1, -0.05) is 0 Å². The molecule has 0 aliphatic carbocycles. The number of nitrogens with zero attached hydrogens (tertiary/aromatic N) is 1. The quantitative estimate of drug-likeness (QED) is 0.0632. The zero-order chi connectivity index (χ0) is 24.8. The van der Waals surface area contributed by atoms with Crippen LogP contribution in [0.2, 0.25) is 0 Å². The van der Waals surface area contributed by atoms with E-state index in [1.54, 1.807) is 0 Å². The second-order valence-electron chi connectivity index (χ2n) is 6.56. The summed E-state index contributed by atoms with van der Waals surface area (Å²) in [6.45, 7) is -0.601. The average Bonchev–Trinajstić information content (AvgIpc) is 2.67. The first-order valence-corrected chi connectivity index (χ1v) is 9.24. The Bertz CT molecular complexity index is 752. The van der Waals surface area contributed by atoms with Crippen molar-refractivity contribution in [3.63, 3.8) is 0 Å². The molecule has 180 valence electrons. The highest BCUT2D eigenvalue weighted by atomic mass is 16.4. The van der Waals surface area contributed by atoms with Crippen molar-refractivity contribution in [2.45, 2.75) is 43.8 Å². The molecule has 32 heavy (non-hydrogen) atoms. The first-order valence-electron chi connectivity index (χ1n) is 9.24. The Kier molecular flexibility index (Phi) is 12.4. The highest BCUT2D eigenvalue weighted by Crippen LogP contribution is 2.01. The van der Waals surface area contributed by atoms with Gasteiger partial charge in [0.25, 0.3) is 0 Å². The number of aliphatic carboxylic acids is 2. The zero-order valence-electron chi connectivity index (χ0n) is 17.1. The minimum atomic E-state index is -1.65. The van der Waals surface area contributed by atoms with Crippen LogP contribution in [0.5, 0.6) is 0 Å². The Morgan fingerprint density at radius 1 is 0.812 bits per heavy atom. The van der Waals surface area contributed by atoms with Crippen molar-refractivity contribution >= 4 is 41.5 Å². The number of guanidine groups is 1. The molecule has 0 radical (unpaired) electrons. The zero-order valence-corrected chi connectivity index (χ0v) is 17.1. The number of carbonyl (C=O) groups excluding carboxylic acids is 4. The molecule has 0 aliphatic heterocycles. The van der Waals surface area contributed by atoms with Crippen LogP contribution >= 0.6 is 0 Å². The number of amides is 4. The fourth-order valence-corrected chi connectivity index (χ4v) is 2.28. The molecule has 0 saturated carbocycles. The predicted octanol–water partition coefficient (Wildman–Crippen LogP) is -5.11. The number of carbonyl (C=O) groups is 6. The van der Waals surface area contributed by atoms with E-state index < -0.39 is 73.1 Å². The van der Waals surface area contributed by atoms with Crippen LogP contribution in [-0.4, -0.2) is 83.0 Å². The molecule has 3 atom stereocenters. The highest BCUT2D eigenvalue weighted by Gasteiger charge is 2.30. The maximum absolute atomic E-state index is 12.5. The number of nitrogens with two attached hydrogens (primary N) is 4. The van der Waals surface area contributed by atoms with Gasteiger partial charge in [0.2, 0.25) is 23.6 Å². The van der Waals surface area contributed by atoms with Crippen molar-refractivity contribution in [1.82, 2.24) is 16.0 Å². The Morgan fingerprint density at radius 2 is 1.38 bits per heavy atom. The molecule has 0 aliphatic rings.